The van der Waals surface area contributed by atoms with Crippen molar-refractivity contribution in [2.24, 2.45) is 0 Å². The predicted octanol–water partition coefficient (Wildman–Crippen LogP) is 1.26. The minimum atomic E-state index is -0.0865. The molecule has 0 spiro atoms. The number of hydrogen-bond donors (Lipinski definition) is 1. The molecule has 1 aromatic heterocycles. The molecule has 0 aliphatic carbocycles. The normalized spacial score (nSPS) is 23.9. The molecule has 1 amide bonds. The topological polar surface area (TPSA) is 57.7 Å². The molecule has 23 heavy (non-hydrogen) atoms. The average molecular weight is 338 g/mol. The lowest BCUT2D eigenvalue weighted by Gasteiger charge is -2.37. The van der Waals surface area contributed by atoms with Crippen LogP contribution >= 0.6 is 11.3 Å². The minimum Gasteiger partial charge on any atom is -0.376 e. The highest BCUT2D eigenvalue weighted by atomic mass is 32.1. The van der Waals surface area contributed by atoms with Gasteiger partial charge in [0.15, 0.2) is 5.13 Å². The second kappa shape index (κ2) is 7.59. The zero-order chi connectivity index (χ0) is 16.2. The highest BCUT2D eigenvalue weighted by Crippen LogP contribution is 2.21. The fraction of sp³-hybridized carbons (Fsp3) is 0.750. The van der Waals surface area contributed by atoms with Crippen molar-refractivity contribution in [2.45, 2.75) is 38.8 Å². The summed E-state index contributed by atoms with van der Waals surface area (Å²) in [5, 5.41) is 6.22. The summed E-state index contributed by atoms with van der Waals surface area (Å²) in [5.74, 6) is 0.110. The second-order valence-corrected chi connectivity index (χ2v) is 7.19. The Bertz CT molecular complexity index is 522. The van der Waals surface area contributed by atoms with Crippen LogP contribution in [-0.2, 0) is 9.53 Å². The Morgan fingerprint density at radius 3 is 2.87 bits per heavy atom. The van der Waals surface area contributed by atoms with Crippen molar-refractivity contribution >= 4 is 22.4 Å². The number of piperazine rings is 1. The number of nitrogens with one attached hydrogen (secondary N) is 1. The molecule has 6 nitrogen and oxygen atoms in total. The molecule has 2 fully saturated rings. The van der Waals surface area contributed by atoms with E-state index in [2.05, 4.69) is 25.5 Å². The summed E-state index contributed by atoms with van der Waals surface area (Å²) in [4.78, 5) is 21.4. The lowest BCUT2D eigenvalue weighted by molar-refractivity contribution is -0.126. The molecule has 2 saturated heterocycles. The molecule has 0 aromatic carbocycles. The number of aryl methyl sites for hydroxylation is 1. The van der Waals surface area contributed by atoms with E-state index in [0.29, 0.717) is 6.54 Å². The fourth-order valence-corrected chi connectivity index (χ4v) is 3.98. The predicted molar refractivity (Wildman–Crippen MR) is 92.1 cm³/mol. The minimum absolute atomic E-state index is 0.0865. The van der Waals surface area contributed by atoms with Crippen LogP contribution in [0.5, 0.6) is 0 Å². The molecule has 1 aromatic rings. The van der Waals surface area contributed by atoms with Crippen molar-refractivity contribution in [3.05, 3.63) is 11.1 Å². The molecule has 128 valence electrons. The van der Waals surface area contributed by atoms with E-state index >= 15 is 0 Å². The third-order valence-corrected chi connectivity index (χ3v) is 5.67. The van der Waals surface area contributed by atoms with E-state index in [0.717, 1.165) is 56.5 Å². The van der Waals surface area contributed by atoms with Gasteiger partial charge in [-0.05, 0) is 26.7 Å². The molecular formula is C16H26N4O2S. The van der Waals surface area contributed by atoms with E-state index in [1.807, 2.05) is 13.8 Å². The number of carbonyl (C=O) groups is 1. The first-order valence-electron chi connectivity index (χ1n) is 8.44. The van der Waals surface area contributed by atoms with Crippen LogP contribution in [0.25, 0.3) is 0 Å². The van der Waals surface area contributed by atoms with Crippen LogP contribution in [0, 0.1) is 6.92 Å². The van der Waals surface area contributed by atoms with Crippen LogP contribution in [0.2, 0.25) is 0 Å². The van der Waals surface area contributed by atoms with Crippen LogP contribution in [-0.4, -0.2) is 67.3 Å². The monoisotopic (exact) mass is 338 g/mol. The van der Waals surface area contributed by atoms with Crippen LogP contribution in [0.3, 0.4) is 0 Å². The van der Waals surface area contributed by atoms with Gasteiger partial charge in [-0.2, -0.15) is 0 Å². The quantitative estimate of drug-likeness (QED) is 0.876. The van der Waals surface area contributed by atoms with Gasteiger partial charge >= 0.3 is 0 Å². The number of carbonyl (C=O) groups excluding carboxylic acids is 1. The summed E-state index contributed by atoms with van der Waals surface area (Å²) >= 11 is 1.70. The molecule has 0 saturated carbocycles. The van der Waals surface area contributed by atoms with E-state index in [9.17, 15) is 4.79 Å². The Morgan fingerprint density at radius 1 is 1.48 bits per heavy atom. The lowest BCUT2D eigenvalue weighted by atomic mass is 10.2. The van der Waals surface area contributed by atoms with Gasteiger partial charge in [0.2, 0.25) is 5.91 Å². The zero-order valence-corrected chi connectivity index (χ0v) is 14.8. The molecule has 3 heterocycles. The Hall–Kier alpha value is -1.18. The first-order chi connectivity index (χ1) is 11.1. The van der Waals surface area contributed by atoms with Crippen molar-refractivity contribution in [1.82, 2.24) is 15.2 Å². The van der Waals surface area contributed by atoms with Crippen LogP contribution in [0.15, 0.2) is 5.38 Å². The number of rotatable bonds is 5. The van der Waals surface area contributed by atoms with Crippen molar-refractivity contribution < 1.29 is 9.53 Å². The Balaban J connectivity index is 1.43. The maximum atomic E-state index is 12.3. The lowest BCUT2D eigenvalue weighted by Crippen LogP contribution is -2.54. The third kappa shape index (κ3) is 4.22. The maximum absolute atomic E-state index is 12.3. The Morgan fingerprint density at radius 2 is 2.26 bits per heavy atom. The molecule has 2 unspecified atom stereocenters. The van der Waals surface area contributed by atoms with Gasteiger partial charge in [0.05, 0.1) is 17.8 Å². The molecule has 2 atom stereocenters. The highest BCUT2D eigenvalue weighted by Gasteiger charge is 2.27. The molecule has 7 heteroatoms. The molecule has 1 N–H and O–H groups in total. The van der Waals surface area contributed by atoms with Crippen molar-refractivity contribution in [1.29, 1.82) is 0 Å². The van der Waals surface area contributed by atoms with Crippen LogP contribution in [0.4, 0.5) is 5.13 Å². The van der Waals surface area contributed by atoms with Gasteiger partial charge in [-0.1, -0.05) is 0 Å². The zero-order valence-electron chi connectivity index (χ0n) is 14.0. The number of ether oxygens (including phenoxy) is 1. The number of aromatic nitrogens is 1. The highest BCUT2D eigenvalue weighted by molar-refractivity contribution is 7.13. The van der Waals surface area contributed by atoms with Gasteiger partial charge in [-0.15, -0.1) is 11.3 Å². The SMILES string of the molecule is Cc1csc(N2CCN(C(C)C(=O)NCC3CCCO3)CC2)n1. The molecule has 3 rings (SSSR count). The molecule has 0 bridgehead atoms. The van der Waals surface area contributed by atoms with Crippen LogP contribution in [0.1, 0.15) is 25.5 Å². The standard InChI is InChI=1S/C16H26N4O2S/c1-12-11-23-16(18-12)20-7-5-19(6-8-20)13(2)15(21)17-10-14-4-3-9-22-14/h11,13-14H,3-10H2,1-2H3,(H,17,21). The Labute approximate surface area is 141 Å². The van der Waals surface area contributed by atoms with Crippen LogP contribution < -0.4 is 10.2 Å². The summed E-state index contributed by atoms with van der Waals surface area (Å²) < 4.78 is 5.55. The third-order valence-electron chi connectivity index (χ3n) is 4.65. The molecule has 2 aliphatic rings. The molecule has 0 radical (unpaired) electrons. The van der Waals surface area contributed by atoms with E-state index in [4.69, 9.17) is 4.74 Å². The molecule has 2 aliphatic heterocycles. The van der Waals surface area contributed by atoms with Crippen molar-refractivity contribution in [2.75, 3.05) is 44.2 Å². The number of amides is 1. The van der Waals surface area contributed by atoms with Gasteiger partial charge < -0.3 is 15.0 Å². The largest absolute Gasteiger partial charge is 0.376 e. The second-order valence-electron chi connectivity index (χ2n) is 6.35. The molecular weight excluding hydrogens is 312 g/mol. The van der Waals surface area contributed by atoms with Gasteiger partial charge in [0.1, 0.15) is 0 Å². The van der Waals surface area contributed by atoms with Gasteiger partial charge in [-0.25, -0.2) is 4.98 Å². The number of thiazole rings is 1. The van der Waals surface area contributed by atoms with E-state index in [1.165, 1.54) is 0 Å². The summed E-state index contributed by atoms with van der Waals surface area (Å²) in [7, 11) is 0. The number of hydrogen-bond acceptors (Lipinski definition) is 6. The smallest absolute Gasteiger partial charge is 0.237 e. The Kier molecular flexibility index (Phi) is 5.50. The summed E-state index contributed by atoms with van der Waals surface area (Å²) in [6.45, 7) is 9.13. The summed E-state index contributed by atoms with van der Waals surface area (Å²) in [6, 6.07) is -0.0865. The van der Waals surface area contributed by atoms with Gasteiger partial charge in [0.25, 0.3) is 0 Å². The van der Waals surface area contributed by atoms with E-state index in [1.54, 1.807) is 11.3 Å². The average Bonchev–Trinajstić information content (AvgIpc) is 3.23. The first kappa shape index (κ1) is 16.7. The fourth-order valence-electron chi connectivity index (χ4n) is 3.12. The van der Waals surface area contributed by atoms with Gasteiger partial charge in [-0.3, -0.25) is 9.69 Å². The van der Waals surface area contributed by atoms with Crippen molar-refractivity contribution in [3.8, 4) is 0 Å². The van der Waals surface area contributed by atoms with Gasteiger partial charge in [0, 0.05) is 44.7 Å². The first-order valence-corrected chi connectivity index (χ1v) is 9.32. The number of anilines is 1. The van der Waals surface area contributed by atoms with E-state index < -0.39 is 0 Å². The van der Waals surface area contributed by atoms with E-state index in [-0.39, 0.29) is 18.1 Å². The maximum Gasteiger partial charge on any atom is 0.237 e. The number of nitrogens with zero attached hydrogens (tertiary/aromatic N) is 3. The summed E-state index contributed by atoms with van der Waals surface area (Å²) in [5.41, 5.74) is 1.08. The van der Waals surface area contributed by atoms with Crippen molar-refractivity contribution in [3.63, 3.8) is 0 Å². The summed E-state index contributed by atoms with van der Waals surface area (Å²) in [6.07, 6.45) is 2.37.